The molecule has 0 unspecified atom stereocenters. The zero-order valence-electron chi connectivity index (χ0n) is 15.3. The number of furan rings is 1. The fraction of sp³-hybridized carbons (Fsp3) is 0.368. The van der Waals surface area contributed by atoms with E-state index in [9.17, 15) is 4.79 Å². The summed E-state index contributed by atoms with van der Waals surface area (Å²) in [5.41, 5.74) is 8.58. The van der Waals surface area contributed by atoms with Crippen LogP contribution in [0.2, 0.25) is 0 Å². The lowest BCUT2D eigenvalue weighted by Crippen LogP contribution is -2.39. The van der Waals surface area contributed by atoms with Gasteiger partial charge in [0.2, 0.25) is 11.9 Å². The van der Waals surface area contributed by atoms with E-state index in [-0.39, 0.29) is 11.8 Å². The lowest BCUT2D eigenvalue weighted by Gasteiger charge is -2.30. The van der Waals surface area contributed by atoms with E-state index in [0.29, 0.717) is 49.1 Å². The first-order chi connectivity index (χ1) is 13.0. The third-order valence-electron chi connectivity index (χ3n) is 5.11. The monoisotopic (exact) mass is 367 g/mol. The van der Waals surface area contributed by atoms with Gasteiger partial charge in [-0.3, -0.25) is 4.79 Å². The zero-order valence-corrected chi connectivity index (χ0v) is 15.3. The van der Waals surface area contributed by atoms with E-state index in [4.69, 9.17) is 19.7 Å². The van der Waals surface area contributed by atoms with Crippen LogP contribution in [0, 0.1) is 19.8 Å². The van der Waals surface area contributed by atoms with Gasteiger partial charge in [-0.2, -0.15) is 0 Å². The molecule has 0 atom stereocenters. The molecule has 8 heteroatoms. The smallest absolute Gasteiger partial charge is 0.226 e. The molecule has 0 aliphatic carbocycles. The van der Waals surface area contributed by atoms with E-state index < -0.39 is 0 Å². The summed E-state index contributed by atoms with van der Waals surface area (Å²) in [5.74, 6) is 1.55. The van der Waals surface area contributed by atoms with Crippen LogP contribution in [0.3, 0.4) is 0 Å². The van der Waals surface area contributed by atoms with Crippen molar-refractivity contribution in [2.75, 3.05) is 18.0 Å². The summed E-state index contributed by atoms with van der Waals surface area (Å²) in [6.07, 6.45) is 4.76. The topological polar surface area (TPSA) is 111 Å². The number of amides is 1. The fourth-order valence-electron chi connectivity index (χ4n) is 3.32. The molecule has 4 rings (SSSR count). The Bertz CT molecular complexity index is 956. The van der Waals surface area contributed by atoms with E-state index in [1.807, 2.05) is 26.0 Å². The Balaban J connectivity index is 1.71. The molecule has 2 N–H and O–H groups in total. The first-order valence-electron chi connectivity index (χ1n) is 8.93. The van der Waals surface area contributed by atoms with Crippen LogP contribution >= 0.6 is 0 Å². The molecule has 4 heterocycles. The summed E-state index contributed by atoms with van der Waals surface area (Å²) >= 11 is 0. The zero-order chi connectivity index (χ0) is 19.0. The maximum Gasteiger partial charge on any atom is 0.226 e. The number of rotatable bonds is 4. The molecule has 1 saturated heterocycles. The highest BCUT2D eigenvalue weighted by Gasteiger charge is 2.26. The van der Waals surface area contributed by atoms with Crippen molar-refractivity contribution in [2.45, 2.75) is 26.7 Å². The molecule has 8 nitrogen and oxygen atoms in total. The average Bonchev–Trinajstić information content (AvgIpc) is 3.32. The number of nitrogens with two attached hydrogens (primary N) is 1. The van der Waals surface area contributed by atoms with Crippen molar-refractivity contribution >= 4 is 11.9 Å². The van der Waals surface area contributed by atoms with Crippen LogP contribution in [0.4, 0.5) is 5.95 Å². The minimum Gasteiger partial charge on any atom is -0.463 e. The third kappa shape index (κ3) is 3.18. The number of piperidine rings is 1. The highest BCUT2D eigenvalue weighted by atomic mass is 16.5. The molecule has 3 aromatic heterocycles. The van der Waals surface area contributed by atoms with Crippen LogP contribution in [0.25, 0.3) is 22.8 Å². The SMILES string of the molecule is Cc1noc(-c2cnc(N3CCC(C(N)=O)CC3)nc2-c2ccco2)c1C. The molecule has 0 aromatic carbocycles. The number of carbonyl (C=O) groups excluding carboxylic acids is 1. The van der Waals surface area contributed by atoms with Crippen LogP contribution in [0.15, 0.2) is 33.5 Å². The number of primary amides is 1. The van der Waals surface area contributed by atoms with Gasteiger partial charge < -0.3 is 19.6 Å². The first kappa shape index (κ1) is 17.3. The maximum absolute atomic E-state index is 11.4. The standard InChI is InChI=1S/C19H21N5O3/c1-11-12(2)23-27-17(11)14-10-21-19(22-16(14)15-4-3-9-26-15)24-7-5-13(6-8-24)18(20)25/h3-4,9-10,13H,5-8H2,1-2H3,(H2,20,25). The summed E-state index contributed by atoms with van der Waals surface area (Å²) in [4.78, 5) is 22.7. The van der Waals surface area contributed by atoms with Gasteiger partial charge in [0, 0.05) is 30.8 Å². The summed E-state index contributed by atoms with van der Waals surface area (Å²) < 4.78 is 11.1. The number of hydrogen-bond donors (Lipinski definition) is 1. The minimum atomic E-state index is -0.238. The van der Waals surface area contributed by atoms with Crippen molar-refractivity contribution < 1.29 is 13.7 Å². The second kappa shape index (κ2) is 6.86. The van der Waals surface area contributed by atoms with Crippen molar-refractivity contribution in [3.05, 3.63) is 35.9 Å². The lowest BCUT2D eigenvalue weighted by atomic mass is 9.96. The van der Waals surface area contributed by atoms with Gasteiger partial charge >= 0.3 is 0 Å². The molecule has 0 radical (unpaired) electrons. The van der Waals surface area contributed by atoms with E-state index >= 15 is 0 Å². The molecule has 1 aliphatic heterocycles. The Morgan fingerprint density at radius 2 is 2.07 bits per heavy atom. The number of aromatic nitrogens is 3. The van der Waals surface area contributed by atoms with Crippen molar-refractivity contribution in [1.29, 1.82) is 0 Å². The Kier molecular flexibility index (Phi) is 4.39. The van der Waals surface area contributed by atoms with Gasteiger partial charge in [-0.05, 0) is 38.8 Å². The quantitative estimate of drug-likeness (QED) is 0.754. The highest BCUT2D eigenvalue weighted by Crippen LogP contribution is 2.34. The normalized spacial score (nSPS) is 15.3. The summed E-state index contributed by atoms with van der Waals surface area (Å²) in [5, 5.41) is 4.04. The second-order valence-corrected chi connectivity index (χ2v) is 6.80. The van der Waals surface area contributed by atoms with Crippen molar-refractivity contribution in [1.82, 2.24) is 15.1 Å². The second-order valence-electron chi connectivity index (χ2n) is 6.80. The van der Waals surface area contributed by atoms with Crippen LogP contribution in [-0.4, -0.2) is 34.1 Å². The number of nitrogens with zero attached hydrogens (tertiary/aromatic N) is 4. The number of carbonyl (C=O) groups is 1. The maximum atomic E-state index is 11.4. The molecule has 3 aromatic rings. The van der Waals surface area contributed by atoms with E-state index in [0.717, 1.165) is 16.8 Å². The van der Waals surface area contributed by atoms with E-state index in [2.05, 4.69) is 15.0 Å². The van der Waals surface area contributed by atoms with Crippen molar-refractivity contribution in [3.8, 4) is 22.8 Å². The summed E-state index contributed by atoms with van der Waals surface area (Å²) in [6, 6.07) is 3.67. The Labute approximate surface area is 156 Å². The molecular weight excluding hydrogens is 346 g/mol. The Morgan fingerprint density at radius 1 is 1.30 bits per heavy atom. The fourth-order valence-corrected chi connectivity index (χ4v) is 3.32. The van der Waals surface area contributed by atoms with Gasteiger partial charge in [-0.15, -0.1) is 0 Å². The molecule has 27 heavy (non-hydrogen) atoms. The van der Waals surface area contributed by atoms with Gasteiger partial charge in [-0.25, -0.2) is 9.97 Å². The average molecular weight is 367 g/mol. The molecule has 1 amide bonds. The number of anilines is 1. The third-order valence-corrected chi connectivity index (χ3v) is 5.11. The van der Waals surface area contributed by atoms with Crippen molar-refractivity contribution in [3.63, 3.8) is 0 Å². The van der Waals surface area contributed by atoms with Crippen LogP contribution in [-0.2, 0) is 4.79 Å². The van der Waals surface area contributed by atoms with Crippen LogP contribution in [0.5, 0.6) is 0 Å². The van der Waals surface area contributed by atoms with E-state index in [1.54, 1.807) is 12.5 Å². The highest BCUT2D eigenvalue weighted by molar-refractivity contribution is 5.78. The first-order valence-corrected chi connectivity index (χ1v) is 8.93. The molecule has 140 valence electrons. The van der Waals surface area contributed by atoms with Crippen LogP contribution < -0.4 is 10.6 Å². The summed E-state index contributed by atoms with van der Waals surface area (Å²) in [6.45, 7) is 5.22. The summed E-state index contributed by atoms with van der Waals surface area (Å²) in [7, 11) is 0. The lowest BCUT2D eigenvalue weighted by molar-refractivity contribution is -0.122. The molecular formula is C19H21N5O3. The molecule has 1 fully saturated rings. The Morgan fingerprint density at radius 3 is 2.67 bits per heavy atom. The number of hydrogen-bond acceptors (Lipinski definition) is 7. The largest absolute Gasteiger partial charge is 0.463 e. The molecule has 0 spiro atoms. The van der Waals surface area contributed by atoms with Gasteiger partial charge in [0.25, 0.3) is 0 Å². The molecule has 1 aliphatic rings. The van der Waals surface area contributed by atoms with Crippen LogP contribution in [0.1, 0.15) is 24.1 Å². The Hall–Kier alpha value is -3.16. The van der Waals surface area contributed by atoms with E-state index in [1.165, 1.54) is 0 Å². The van der Waals surface area contributed by atoms with Gasteiger partial charge in [0.1, 0.15) is 5.69 Å². The van der Waals surface area contributed by atoms with Crippen molar-refractivity contribution in [2.24, 2.45) is 11.7 Å². The molecule has 0 bridgehead atoms. The predicted octanol–water partition coefficient (Wildman–Crippen LogP) is 2.71. The number of aryl methyl sites for hydroxylation is 1. The van der Waals surface area contributed by atoms with Gasteiger partial charge in [-0.1, -0.05) is 5.16 Å². The van der Waals surface area contributed by atoms with Gasteiger partial charge in [0.15, 0.2) is 11.5 Å². The molecule has 0 saturated carbocycles. The van der Waals surface area contributed by atoms with Gasteiger partial charge in [0.05, 0.1) is 17.5 Å². The minimum absolute atomic E-state index is 0.0788. The predicted molar refractivity (Wildman–Crippen MR) is 98.8 cm³/mol.